The van der Waals surface area contributed by atoms with Crippen molar-refractivity contribution in [3.8, 4) is 0 Å². The zero-order valence-electron chi connectivity index (χ0n) is 16.3. The summed E-state index contributed by atoms with van der Waals surface area (Å²) in [5.74, 6) is 0.858. The molecule has 0 saturated heterocycles. The fraction of sp³-hybridized carbons (Fsp3) is 0.286. The summed E-state index contributed by atoms with van der Waals surface area (Å²) in [6, 6.07) is 10.3. The first-order chi connectivity index (χ1) is 12.5. The van der Waals surface area contributed by atoms with Crippen molar-refractivity contribution in [3.05, 3.63) is 71.2 Å². The van der Waals surface area contributed by atoms with Crippen molar-refractivity contribution in [3.63, 3.8) is 0 Å². The van der Waals surface area contributed by atoms with Crippen LogP contribution in [0.2, 0.25) is 0 Å². The van der Waals surface area contributed by atoms with Gasteiger partial charge in [0.25, 0.3) is 0 Å². The Balaban J connectivity index is 3.18. The molecule has 0 aliphatic carbocycles. The van der Waals surface area contributed by atoms with E-state index in [0.717, 1.165) is 23.7 Å². The number of allylic oxidation sites excluding steroid dienone is 4. The Morgan fingerprint density at radius 2 is 1.85 bits per heavy atom. The highest BCUT2D eigenvalue weighted by Gasteiger charge is 2.06. The Morgan fingerprint density at radius 1 is 1.15 bits per heavy atom. The van der Waals surface area contributed by atoms with Gasteiger partial charge in [0.1, 0.15) is 11.5 Å². The average molecular weight is 351 g/mol. The molecular weight excluding hydrogens is 322 g/mol. The summed E-state index contributed by atoms with van der Waals surface area (Å²) >= 11 is 0. The summed E-state index contributed by atoms with van der Waals surface area (Å²) < 4.78 is 0. The van der Waals surface area contributed by atoms with E-state index in [1.165, 1.54) is 11.8 Å². The first-order valence-corrected chi connectivity index (χ1v) is 8.53. The molecule has 0 fully saturated rings. The van der Waals surface area contributed by atoms with Gasteiger partial charge in [-0.05, 0) is 44.2 Å². The zero-order chi connectivity index (χ0) is 19.4. The van der Waals surface area contributed by atoms with Crippen molar-refractivity contribution < 1.29 is 0 Å². The van der Waals surface area contributed by atoms with Crippen LogP contribution in [0.5, 0.6) is 0 Å². The second-order valence-corrected chi connectivity index (χ2v) is 5.84. The van der Waals surface area contributed by atoms with Gasteiger partial charge in [-0.15, -0.1) is 0 Å². The van der Waals surface area contributed by atoms with Crippen LogP contribution in [0.3, 0.4) is 0 Å². The third-order valence-electron chi connectivity index (χ3n) is 3.54. The maximum absolute atomic E-state index is 5.50. The third kappa shape index (κ3) is 7.30. The highest BCUT2D eigenvalue weighted by Crippen LogP contribution is 2.10. The van der Waals surface area contributed by atoms with Crippen molar-refractivity contribution in [1.29, 1.82) is 0 Å². The van der Waals surface area contributed by atoms with E-state index in [-0.39, 0.29) is 0 Å². The van der Waals surface area contributed by atoms with E-state index in [2.05, 4.69) is 27.0 Å². The first kappa shape index (κ1) is 21.1. The highest BCUT2D eigenvalue weighted by atomic mass is 15.2. The topological polar surface area (TPSA) is 66.3 Å². The molecule has 5 nitrogen and oxygen atoms in total. The highest BCUT2D eigenvalue weighted by molar-refractivity contribution is 5.94. The zero-order valence-corrected chi connectivity index (χ0v) is 16.3. The summed E-state index contributed by atoms with van der Waals surface area (Å²) in [7, 11) is 3.74. The Hall–Kier alpha value is -2.95. The van der Waals surface area contributed by atoms with Crippen LogP contribution < -0.4 is 5.73 Å². The first-order valence-electron chi connectivity index (χ1n) is 8.53. The van der Waals surface area contributed by atoms with Crippen LogP contribution in [0.4, 0.5) is 0 Å². The lowest BCUT2D eigenvalue weighted by atomic mass is 10.2. The summed E-state index contributed by atoms with van der Waals surface area (Å²) in [6.45, 7) is 6.57. The molecule has 1 aromatic carbocycles. The fourth-order valence-electron chi connectivity index (χ4n) is 2.12. The van der Waals surface area contributed by atoms with Gasteiger partial charge in [0, 0.05) is 33.1 Å². The number of rotatable bonds is 7. The number of likely N-dealkylation sites (N-methyl/N-ethyl adjacent to an activating group) is 1. The molecule has 0 bridgehead atoms. The molecule has 1 rings (SSSR count). The number of hydrogen-bond acceptors (Lipinski definition) is 4. The van der Waals surface area contributed by atoms with Gasteiger partial charge in [-0.1, -0.05) is 36.4 Å². The maximum atomic E-state index is 5.50. The van der Waals surface area contributed by atoms with Crippen molar-refractivity contribution in [1.82, 2.24) is 4.90 Å². The largest absolute Gasteiger partial charge is 0.404 e. The average Bonchev–Trinajstić information content (AvgIpc) is 2.65. The van der Waals surface area contributed by atoms with Gasteiger partial charge in [-0.3, -0.25) is 9.98 Å². The van der Waals surface area contributed by atoms with Gasteiger partial charge in [-0.2, -0.15) is 0 Å². The second-order valence-electron chi connectivity index (χ2n) is 5.84. The van der Waals surface area contributed by atoms with Gasteiger partial charge >= 0.3 is 0 Å². The van der Waals surface area contributed by atoms with E-state index in [4.69, 9.17) is 10.7 Å². The van der Waals surface area contributed by atoms with Crippen LogP contribution >= 0.6 is 0 Å². The normalized spacial score (nSPS) is 14.5. The van der Waals surface area contributed by atoms with Gasteiger partial charge in [0.2, 0.25) is 0 Å². The molecule has 0 aliphatic rings. The van der Waals surface area contributed by atoms with E-state index < -0.39 is 0 Å². The molecule has 0 aromatic heterocycles. The van der Waals surface area contributed by atoms with Crippen LogP contribution in [0.15, 0.2) is 80.6 Å². The van der Waals surface area contributed by atoms with Crippen LogP contribution in [0.1, 0.15) is 26.3 Å². The van der Waals surface area contributed by atoms with Gasteiger partial charge < -0.3 is 10.6 Å². The van der Waals surface area contributed by atoms with Gasteiger partial charge in [-0.25, -0.2) is 4.99 Å². The molecule has 5 heteroatoms. The number of nitrogens with zero attached hydrogens (tertiary/aromatic N) is 4. The number of amidine groups is 1. The second kappa shape index (κ2) is 11.6. The monoisotopic (exact) mass is 351 g/mol. The molecule has 2 N–H and O–H groups in total. The lowest BCUT2D eigenvalue weighted by Crippen LogP contribution is -2.24. The summed E-state index contributed by atoms with van der Waals surface area (Å²) in [5, 5.41) is 0. The molecule has 0 spiro atoms. The number of aliphatic imine (C=N–C) groups is 3. The lowest BCUT2D eigenvalue weighted by Gasteiger charge is -2.19. The molecule has 0 amide bonds. The maximum Gasteiger partial charge on any atom is 0.128 e. The Kier molecular flexibility index (Phi) is 9.39. The molecule has 0 aliphatic heterocycles. The van der Waals surface area contributed by atoms with Crippen LogP contribution in [0, 0.1) is 0 Å². The standard InChI is InChI=1S/C21H29N5/c1-6-10-21(26(5)16-19-11-8-7-9-12-19)25-18(3)20(15-23-4)24-14-17(2)13-22/h6-15H,16,22H2,1-5H3/b10-6-,17-13?,20-18-,23-15?,24-14?,25-21+. The van der Waals surface area contributed by atoms with Crippen molar-refractivity contribution in [2.75, 3.05) is 14.1 Å². The molecular formula is C21H29N5. The minimum atomic E-state index is 0.698. The van der Waals surface area contributed by atoms with Crippen molar-refractivity contribution in [2.24, 2.45) is 20.7 Å². The molecule has 138 valence electrons. The molecule has 0 heterocycles. The SMILES string of the molecule is C\C=C/C(=N\C(C)=C(\C=NC)N=CC(C)=CN)N(C)Cc1ccccc1. The Morgan fingerprint density at radius 3 is 2.42 bits per heavy atom. The third-order valence-corrected chi connectivity index (χ3v) is 3.54. The predicted molar refractivity (Wildman–Crippen MR) is 114 cm³/mol. The predicted octanol–water partition coefficient (Wildman–Crippen LogP) is 3.96. The van der Waals surface area contributed by atoms with Gasteiger partial charge in [0.15, 0.2) is 0 Å². The molecule has 0 unspecified atom stereocenters. The number of nitrogens with two attached hydrogens (primary N) is 1. The van der Waals surface area contributed by atoms with Crippen LogP contribution in [-0.4, -0.2) is 37.3 Å². The van der Waals surface area contributed by atoms with E-state index in [0.29, 0.717) is 5.70 Å². The summed E-state index contributed by atoms with van der Waals surface area (Å²) in [6.07, 6.45) is 8.89. The Labute approximate surface area is 157 Å². The molecule has 1 aromatic rings. The summed E-state index contributed by atoms with van der Waals surface area (Å²) in [5.41, 5.74) is 9.08. The van der Waals surface area contributed by atoms with Crippen molar-refractivity contribution in [2.45, 2.75) is 27.3 Å². The van der Waals surface area contributed by atoms with Crippen LogP contribution in [0.25, 0.3) is 0 Å². The van der Waals surface area contributed by atoms with Crippen molar-refractivity contribution >= 4 is 18.3 Å². The van der Waals surface area contributed by atoms with E-state index in [1.807, 2.05) is 58.2 Å². The van der Waals surface area contributed by atoms with E-state index in [1.54, 1.807) is 19.5 Å². The van der Waals surface area contributed by atoms with Gasteiger partial charge in [0.05, 0.1) is 5.70 Å². The van der Waals surface area contributed by atoms with Crippen LogP contribution in [-0.2, 0) is 6.54 Å². The molecule has 0 atom stereocenters. The minimum absolute atomic E-state index is 0.698. The van der Waals surface area contributed by atoms with E-state index >= 15 is 0 Å². The number of benzene rings is 1. The summed E-state index contributed by atoms with van der Waals surface area (Å²) in [4.78, 5) is 15.4. The fourth-order valence-corrected chi connectivity index (χ4v) is 2.12. The quantitative estimate of drug-likeness (QED) is 0.597. The molecule has 0 saturated carbocycles. The van der Waals surface area contributed by atoms with E-state index in [9.17, 15) is 0 Å². The smallest absolute Gasteiger partial charge is 0.128 e. The minimum Gasteiger partial charge on any atom is -0.404 e. The lowest BCUT2D eigenvalue weighted by molar-refractivity contribution is 0.502. The Bertz CT molecular complexity index is 737. The number of hydrogen-bond donors (Lipinski definition) is 1. The molecule has 0 radical (unpaired) electrons. The molecule has 26 heavy (non-hydrogen) atoms.